The number of allylic oxidation sites excluding steroid dienone is 1. The van der Waals surface area contributed by atoms with Gasteiger partial charge < -0.3 is 14.9 Å². The molecular weight excluding hydrogens is 144 g/mol. The molecule has 11 heavy (non-hydrogen) atoms. The van der Waals surface area contributed by atoms with Gasteiger partial charge in [0.1, 0.15) is 0 Å². The Bertz CT molecular complexity index is 263. The molecule has 0 saturated carbocycles. The van der Waals surface area contributed by atoms with Crippen LogP contribution >= 0.6 is 0 Å². The Labute approximate surface area is 63.9 Å². The largest absolute Gasteiger partial charge is 0.468 e. The van der Waals surface area contributed by atoms with Gasteiger partial charge in [0.25, 0.3) is 0 Å². The highest BCUT2D eigenvalue weighted by atomic mass is 16.6. The first-order chi connectivity index (χ1) is 5.27. The van der Waals surface area contributed by atoms with Gasteiger partial charge in [-0.25, -0.2) is 0 Å². The van der Waals surface area contributed by atoms with Crippen LogP contribution in [0.4, 0.5) is 0 Å². The van der Waals surface area contributed by atoms with Crippen molar-refractivity contribution in [1.82, 2.24) is 0 Å². The van der Waals surface area contributed by atoms with Crippen molar-refractivity contribution in [3.63, 3.8) is 0 Å². The van der Waals surface area contributed by atoms with Crippen LogP contribution in [0.5, 0.6) is 0 Å². The summed E-state index contributed by atoms with van der Waals surface area (Å²) in [5.74, 6) is 0. The van der Waals surface area contributed by atoms with E-state index in [0.29, 0.717) is 5.57 Å². The van der Waals surface area contributed by atoms with Crippen molar-refractivity contribution in [3.05, 3.63) is 35.6 Å². The van der Waals surface area contributed by atoms with Crippen LogP contribution in [0.1, 0.15) is 0 Å². The summed E-state index contributed by atoms with van der Waals surface area (Å²) < 4.78 is 4.81. The minimum absolute atomic E-state index is 0.599. The van der Waals surface area contributed by atoms with Gasteiger partial charge >= 0.3 is 0 Å². The molecule has 1 heterocycles. The summed E-state index contributed by atoms with van der Waals surface area (Å²) in [6.07, 6.45) is 4.93. The highest BCUT2D eigenvalue weighted by Gasteiger charge is 2.23. The summed E-state index contributed by atoms with van der Waals surface area (Å²) in [7, 11) is 0. The second kappa shape index (κ2) is 2.22. The lowest BCUT2D eigenvalue weighted by Crippen LogP contribution is -2.12. The number of rotatable bonds is 0. The van der Waals surface area contributed by atoms with E-state index in [0.717, 1.165) is 5.57 Å². The molecule has 2 aliphatic rings. The molecule has 1 aliphatic carbocycles. The van der Waals surface area contributed by atoms with Gasteiger partial charge in [0.2, 0.25) is 6.29 Å². The van der Waals surface area contributed by atoms with Crippen molar-refractivity contribution >= 4 is 0 Å². The standard InChI is InChI=1S/C8H8O3/c9-6-2-1-5-4-11-8(10)7(5)3-6/h1-4,6,8-10H. The fraction of sp³-hybridized carbons (Fsp3) is 0.250. The minimum Gasteiger partial charge on any atom is -0.468 e. The SMILES string of the molecule is OC1C=CC2=COC(O)C2=C1. The van der Waals surface area contributed by atoms with E-state index in [1.54, 1.807) is 18.2 Å². The molecule has 0 aromatic heterocycles. The first-order valence-electron chi connectivity index (χ1n) is 3.39. The summed E-state index contributed by atoms with van der Waals surface area (Å²) in [5, 5.41) is 18.3. The third-order valence-corrected chi connectivity index (χ3v) is 1.75. The zero-order chi connectivity index (χ0) is 7.84. The predicted octanol–water partition coefficient (Wildman–Crippen LogP) is 0.0760. The average Bonchev–Trinajstić information content (AvgIpc) is 2.33. The second-order valence-electron chi connectivity index (χ2n) is 2.53. The lowest BCUT2D eigenvalue weighted by molar-refractivity contribution is -0.00712. The number of hydrogen-bond acceptors (Lipinski definition) is 3. The second-order valence-corrected chi connectivity index (χ2v) is 2.53. The zero-order valence-corrected chi connectivity index (χ0v) is 5.77. The first kappa shape index (κ1) is 6.64. The van der Waals surface area contributed by atoms with Gasteiger partial charge in [-0.2, -0.15) is 0 Å². The minimum atomic E-state index is -0.899. The van der Waals surface area contributed by atoms with Crippen LogP contribution in [0.3, 0.4) is 0 Å². The van der Waals surface area contributed by atoms with Crippen LogP contribution in [0.25, 0.3) is 0 Å². The molecule has 2 unspecified atom stereocenters. The Hall–Kier alpha value is -1.06. The van der Waals surface area contributed by atoms with E-state index in [-0.39, 0.29) is 0 Å². The quantitative estimate of drug-likeness (QED) is 0.516. The summed E-state index contributed by atoms with van der Waals surface area (Å²) in [6, 6.07) is 0. The molecule has 3 nitrogen and oxygen atoms in total. The molecule has 0 radical (unpaired) electrons. The fourth-order valence-corrected chi connectivity index (χ4v) is 1.18. The Balaban J connectivity index is 2.35. The van der Waals surface area contributed by atoms with Crippen LogP contribution in [0, 0.1) is 0 Å². The van der Waals surface area contributed by atoms with Crippen LogP contribution in [-0.4, -0.2) is 22.6 Å². The summed E-state index contributed by atoms with van der Waals surface area (Å²) in [4.78, 5) is 0. The molecule has 0 amide bonds. The first-order valence-corrected chi connectivity index (χ1v) is 3.39. The smallest absolute Gasteiger partial charge is 0.223 e. The monoisotopic (exact) mass is 152 g/mol. The lowest BCUT2D eigenvalue weighted by Gasteiger charge is -2.10. The lowest BCUT2D eigenvalue weighted by atomic mass is 10.0. The van der Waals surface area contributed by atoms with Gasteiger partial charge in [0.05, 0.1) is 12.4 Å². The number of fused-ring (bicyclic) bond motifs is 1. The average molecular weight is 152 g/mol. The summed E-state index contributed by atoms with van der Waals surface area (Å²) in [6.45, 7) is 0. The van der Waals surface area contributed by atoms with Crippen molar-refractivity contribution in [3.8, 4) is 0 Å². The molecule has 0 aromatic rings. The molecule has 0 saturated heterocycles. The van der Waals surface area contributed by atoms with E-state index < -0.39 is 12.4 Å². The topological polar surface area (TPSA) is 49.7 Å². The van der Waals surface area contributed by atoms with Crippen molar-refractivity contribution in [2.24, 2.45) is 0 Å². The molecule has 1 aliphatic heterocycles. The van der Waals surface area contributed by atoms with E-state index in [2.05, 4.69) is 0 Å². The Morgan fingerprint density at radius 2 is 2.18 bits per heavy atom. The molecule has 0 fully saturated rings. The third kappa shape index (κ3) is 0.982. The predicted molar refractivity (Wildman–Crippen MR) is 38.4 cm³/mol. The summed E-state index contributed by atoms with van der Waals surface area (Å²) >= 11 is 0. The molecule has 2 N–H and O–H groups in total. The van der Waals surface area contributed by atoms with Gasteiger partial charge in [-0.15, -0.1) is 0 Å². The molecule has 2 rings (SSSR count). The van der Waals surface area contributed by atoms with E-state index in [9.17, 15) is 0 Å². The number of hydrogen-bond donors (Lipinski definition) is 2. The van der Waals surface area contributed by atoms with Crippen molar-refractivity contribution in [2.75, 3.05) is 0 Å². The van der Waals surface area contributed by atoms with E-state index in [1.165, 1.54) is 6.26 Å². The van der Waals surface area contributed by atoms with Gasteiger partial charge in [0, 0.05) is 11.1 Å². The van der Waals surface area contributed by atoms with Crippen molar-refractivity contribution in [2.45, 2.75) is 12.4 Å². The van der Waals surface area contributed by atoms with Crippen LogP contribution in [0.15, 0.2) is 35.6 Å². The molecule has 2 atom stereocenters. The summed E-state index contributed by atoms with van der Waals surface area (Å²) in [5.41, 5.74) is 1.49. The highest BCUT2D eigenvalue weighted by molar-refractivity contribution is 5.47. The van der Waals surface area contributed by atoms with E-state index in [1.807, 2.05) is 0 Å². The van der Waals surface area contributed by atoms with Crippen LogP contribution in [-0.2, 0) is 4.74 Å². The maximum Gasteiger partial charge on any atom is 0.223 e. The fourth-order valence-electron chi connectivity index (χ4n) is 1.18. The Kier molecular flexibility index (Phi) is 1.34. The molecule has 0 aromatic carbocycles. The van der Waals surface area contributed by atoms with E-state index >= 15 is 0 Å². The van der Waals surface area contributed by atoms with Crippen LogP contribution in [0.2, 0.25) is 0 Å². The third-order valence-electron chi connectivity index (χ3n) is 1.75. The molecule has 0 bridgehead atoms. The number of ether oxygens (including phenoxy) is 1. The van der Waals surface area contributed by atoms with Crippen molar-refractivity contribution in [1.29, 1.82) is 0 Å². The van der Waals surface area contributed by atoms with Gasteiger partial charge in [-0.1, -0.05) is 12.2 Å². The van der Waals surface area contributed by atoms with Crippen LogP contribution < -0.4 is 0 Å². The normalized spacial score (nSPS) is 34.0. The Morgan fingerprint density at radius 1 is 1.36 bits per heavy atom. The van der Waals surface area contributed by atoms with Gasteiger partial charge in [-0.3, -0.25) is 0 Å². The van der Waals surface area contributed by atoms with E-state index in [4.69, 9.17) is 14.9 Å². The Morgan fingerprint density at radius 3 is 3.00 bits per heavy atom. The van der Waals surface area contributed by atoms with Gasteiger partial charge in [0.15, 0.2) is 0 Å². The number of aliphatic hydroxyl groups is 2. The van der Waals surface area contributed by atoms with Gasteiger partial charge in [-0.05, 0) is 6.08 Å². The zero-order valence-electron chi connectivity index (χ0n) is 5.77. The molecule has 3 heteroatoms. The maximum atomic E-state index is 9.15. The molecular formula is C8H8O3. The highest BCUT2D eigenvalue weighted by Crippen LogP contribution is 2.27. The van der Waals surface area contributed by atoms with Crippen molar-refractivity contribution < 1.29 is 14.9 Å². The molecule has 0 spiro atoms. The maximum absolute atomic E-state index is 9.15. The number of aliphatic hydroxyl groups excluding tert-OH is 2. The molecule has 58 valence electrons.